The molecule has 1 fully saturated rings. The molecule has 0 atom stereocenters. The fourth-order valence-electron chi connectivity index (χ4n) is 5.01. The fraction of sp³-hybridized carbons (Fsp3) is 0.321. The maximum absolute atomic E-state index is 13.0. The normalized spacial score (nSPS) is 21.3. The number of pyridine rings is 1. The summed E-state index contributed by atoms with van der Waals surface area (Å²) < 4.78 is 45.3. The summed E-state index contributed by atoms with van der Waals surface area (Å²) in [6.07, 6.45) is -1.39. The number of benzene rings is 2. The lowest BCUT2D eigenvalue weighted by atomic mass is 9.77. The molecule has 1 aromatic heterocycles. The van der Waals surface area contributed by atoms with Gasteiger partial charge in [0.25, 0.3) is 5.91 Å². The van der Waals surface area contributed by atoms with Crippen LogP contribution in [0.25, 0.3) is 11.1 Å². The van der Waals surface area contributed by atoms with Crippen molar-refractivity contribution in [2.75, 3.05) is 5.32 Å². The number of rotatable bonds is 3. The van der Waals surface area contributed by atoms with Crippen molar-refractivity contribution >= 4 is 17.4 Å². The van der Waals surface area contributed by atoms with E-state index in [2.05, 4.69) is 10.3 Å². The third kappa shape index (κ3) is 5.09. The first-order valence-corrected chi connectivity index (χ1v) is 12.0. The Hall–Kier alpha value is -3.72. The number of alkyl halides is 3. The van der Waals surface area contributed by atoms with Crippen molar-refractivity contribution in [2.24, 2.45) is 0 Å². The molecule has 3 aromatic rings. The Morgan fingerprint density at radius 2 is 1.84 bits per heavy atom. The van der Waals surface area contributed by atoms with Gasteiger partial charge in [0.15, 0.2) is 5.78 Å². The van der Waals surface area contributed by atoms with Crippen LogP contribution in [0.5, 0.6) is 5.75 Å². The van der Waals surface area contributed by atoms with Gasteiger partial charge in [0.2, 0.25) is 0 Å². The molecule has 1 saturated carbocycles. The van der Waals surface area contributed by atoms with Crippen LogP contribution in [-0.2, 0) is 6.18 Å². The van der Waals surface area contributed by atoms with Crippen molar-refractivity contribution in [1.29, 1.82) is 0 Å². The average Bonchev–Trinajstić information content (AvgIpc) is 2.86. The Bertz CT molecular complexity index is 1380. The molecule has 1 aliphatic heterocycles. The molecule has 0 saturated heterocycles. The maximum atomic E-state index is 13.0. The first-order chi connectivity index (χ1) is 17.5. The highest BCUT2D eigenvalue weighted by atomic mass is 19.4. The molecule has 2 heterocycles. The lowest BCUT2D eigenvalue weighted by Gasteiger charge is -2.42. The Kier molecular flexibility index (Phi) is 6.27. The third-order valence-corrected chi connectivity index (χ3v) is 7.08. The van der Waals surface area contributed by atoms with Crippen LogP contribution in [0.3, 0.4) is 0 Å². The number of nitrogens with one attached hydrogen (secondary N) is 1. The molecule has 192 valence electrons. The van der Waals surface area contributed by atoms with E-state index >= 15 is 0 Å². The van der Waals surface area contributed by atoms with Crippen LogP contribution in [-0.4, -0.2) is 33.5 Å². The van der Waals surface area contributed by atoms with E-state index < -0.39 is 23.4 Å². The van der Waals surface area contributed by atoms with E-state index in [1.807, 2.05) is 19.1 Å². The van der Waals surface area contributed by atoms with Crippen molar-refractivity contribution in [3.8, 4) is 16.9 Å². The van der Waals surface area contributed by atoms with Gasteiger partial charge in [-0.15, -0.1) is 0 Å². The van der Waals surface area contributed by atoms with Gasteiger partial charge in [0.05, 0.1) is 18.1 Å². The SMILES string of the molecule is Cc1ccc(NC(=O)c2ccnc(C(F)(F)F)c2)cc1-c1ccc2c(c1)O[C@]1(CC[C@H](O)CC1)CC2=O. The van der Waals surface area contributed by atoms with Gasteiger partial charge < -0.3 is 15.2 Å². The summed E-state index contributed by atoms with van der Waals surface area (Å²) in [7, 11) is 0. The van der Waals surface area contributed by atoms with Gasteiger partial charge in [-0.1, -0.05) is 12.1 Å². The summed E-state index contributed by atoms with van der Waals surface area (Å²) >= 11 is 0. The molecule has 0 bridgehead atoms. The molecule has 5 rings (SSSR count). The van der Waals surface area contributed by atoms with E-state index in [0.29, 0.717) is 48.8 Å². The highest BCUT2D eigenvalue weighted by Crippen LogP contribution is 2.43. The number of carbonyl (C=O) groups is 2. The van der Waals surface area contributed by atoms with Crippen LogP contribution in [0, 0.1) is 6.92 Å². The summed E-state index contributed by atoms with van der Waals surface area (Å²) in [5.74, 6) is -0.184. The number of amides is 1. The largest absolute Gasteiger partial charge is 0.486 e. The molecule has 37 heavy (non-hydrogen) atoms. The number of aliphatic hydroxyl groups excluding tert-OH is 1. The zero-order valence-electron chi connectivity index (χ0n) is 20.1. The van der Waals surface area contributed by atoms with E-state index in [-0.39, 0.29) is 23.9 Å². The van der Waals surface area contributed by atoms with Gasteiger partial charge in [-0.05, 0) is 85.7 Å². The van der Waals surface area contributed by atoms with Crippen molar-refractivity contribution in [2.45, 2.75) is 56.9 Å². The van der Waals surface area contributed by atoms with Crippen molar-refractivity contribution in [3.63, 3.8) is 0 Å². The number of ketones is 1. The predicted molar refractivity (Wildman–Crippen MR) is 131 cm³/mol. The smallest absolute Gasteiger partial charge is 0.433 e. The van der Waals surface area contributed by atoms with Crippen molar-refractivity contribution in [1.82, 2.24) is 4.98 Å². The highest BCUT2D eigenvalue weighted by molar-refractivity contribution is 6.05. The second-order valence-electron chi connectivity index (χ2n) is 9.74. The standard InChI is InChI=1S/C28H25F3N2O4/c1-16-2-4-19(33-26(36)18-8-11-32-25(13-18)28(29,30)31)14-22(16)17-3-5-21-23(35)15-27(37-24(21)12-17)9-6-20(34)7-10-27/h2-5,8,11-14,20,34H,6-7,9-10,15H2,1H3,(H,33,36)/t20-,27-. The third-order valence-electron chi connectivity index (χ3n) is 7.08. The molecule has 1 amide bonds. The number of Topliss-reactive ketones (excluding diaryl/α,β-unsaturated/α-hetero) is 1. The van der Waals surface area contributed by atoms with Crippen molar-refractivity contribution < 1.29 is 32.6 Å². The summed E-state index contributed by atoms with van der Waals surface area (Å²) in [6, 6.07) is 12.5. The van der Waals surface area contributed by atoms with E-state index in [4.69, 9.17) is 4.74 Å². The minimum Gasteiger partial charge on any atom is -0.486 e. The second-order valence-corrected chi connectivity index (χ2v) is 9.74. The molecule has 2 N–H and O–H groups in total. The number of halogens is 3. The molecule has 1 spiro atoms. The minimum atomic E-state index is -4.65. The molecule has 2 aromatic carbocycles. The Morgan fingerprint density at radius 1 is 1.08 bits per heavy atom. The van der Waals surface area contributed by atoms with Gasteiger partial charge in [-0.3, -0.25) is 14.6 Å². The number of anilines is 1. The second kappa shape index (κ2) is 9.30. The molecule has 0 radical (unpaired) electrons. The Balaban J connectivity index is 1.41. The van der Waals surface area contributed by atoms with Crippen LogP contribution in [0.2, 0.25) is 0 Å². The van der Waals surface area contributed by atoms with Gasteiger partial charge >= 0.3 is 6.18 Å². The molecule has 0 unspecified atom stereocenters. The summed E-state index contributed by atoms with van der Waals surface area (Å²) in [4.78, 5) is 28.8. The maximum Gasteiger partial charge on any atom is 0.433 e. The highest BCUT2D eigenvalue weighted by Gasteiger charge is 2.43. The number of hydrogen-bond acceptors (Lipinski definition) is 5. The first kappa shape index (κ1) is 25.0. The van der Waals surface area contributed by atoms with Gasteiger partial charge in [-0.25, -0.2) is 0 Å². The quantitative estimate of drug-likeness (QED) is 0.454. The first-order valence-electron chi connectivity index (χ1n) is 12.0. The number of nitrogens with zero attached hydrogens (tertiary/aromatic N) is 1. The van der Waals surface area contributed by atoms with Gasteiger partial charge in [-0.2, -0.15) is 13.2 Å². The zero-order valence-corrected chi connectivity index (χ0v) is 20.1. The summed E-state index contributed by atoms with van der Waals surface area (Å²) in [5.41, 5.74) is 1.47. The average molecular weight is 511 g/mol. The van der Waals surface area contributed by atoms with Gasteiger partial charge in [0, 0.05) is 17.4 Å². The lowest BCUT2D eigenvalue weighted by molar-refractivity contribution is -0.141. The number of aliphatic hydroxyl groups is 1. The van der Waals surface area contributed by atoms with E-state index in [0.717, 1.165) is 22.9 Å². The molecular weight excluding hydrogens is 485 g/mol. The zero-order chi connectivity index (χ0) is 26.4. The monoisotopic (exact) mass is 510 g/mol. The topological polar surface area (TPSA) is 88.5 Å². The van der Waals surface area contributed by atoms with Crippen molar-refractivity contribution in [3.05, 3.63) is 77.1 Å². The molecule has 9 heteroatoms. The lowest BCUT2D eigenvalue weighted by Crippen LogP contribution is -2.45. The van der Waals surface area contributed by atoms with E-state index in [1.54, 1.807) is 24.3 Å². The number of carbonyl (C=O) groups excluding carboxylic acids is 2. The summed E-state index contributed by atoms with van der Waals surface area (Å²) in [5, 5.41) is 12.5. The predicted octanol–water partition coefficient (Wildman–Crippen LogP) is 5.97. The van der Waals surface area contributed by atoms with Gasteiger partial charge in [0.1, 0.15) is 17.0 Å². The molecular formula is C28H25F3N2O4. The number of aromatic nitrogens is 1. The van der Waals surface area contributed by atoms with Crippen LogP contribution in [0.15, 0.2) is 54.7 Å². The summed E-state index contributed by atoms with van der Waals surface area (Å²) in [6.45, 7) is 1.90. The van der Waals surface area contributed by atoms with Crippen LogP contribution >= 0.6 is 0 Å². The number of hydrogen-bond donors (Lipinski definition) is 2. The van der Waals surface area contributed by atoms with Crippen LogP contribution in [0.4, 0.5) is 18.9 Å². The molecule has 1 aliphatic carbocycles. The fourth-order valence-corrected chi connectivity index (χ4v) is 5.01. The Labute approximate surface area is 211 Å². The molecule has 6 nitrogen and oxygen atoms in total. The minimum absolute atomic E-state index is 0.0116. The number of ether oxygens (including phenoxy) is 1. The van der Waals surface area contributed by atoms with E-state index in [1.165, 1.54) is 6.07 Å². The number of aryl methyl sites for hydroxylation is 1. The molecule has 2 aliphatic rings. The number of fused-ring (bicyclic) bond motifs is 1. The van der Waals surface area contributed by atoms with Crippen LogP contribution < -0.4 is 10.1 Å². The van der Waals surface area contributed by atoms with Crippen LogP contribution in [0.1, 0.15) is 64.1 Å². The Morgan fingerprint density at radius 3 is 2.57 bits per heavy atom. The van der Waals surface area contributed by atoms with E-state index in [9.17, 15) is 27.9 Å².